The highest BCUT2D eigenvalue weighted by atomic mass is 19.3. The first kappa shape index (κ1) is 30.6. The van der Waals surface area contributed by atoms with E-state index in [1.807, 2.05) is 13.8 Å². The fourth-order valence-electron chi connectivity index (χ4n) is 3.47. The molecular formula is C25H50F3N3O2. The second-order valence-corrected chi connectivity index (χ2v) is 10.9. The van der Waals surface area contributed by atoms with Crippen molar-refractivity contribution in [3.8, 4) is 0 Å². The van der Waals surface area contributed by atoms with E-state index in [-0.39, 0.29) is 19.1 Å². The van der Waals surface area contributed by atoms with Crippen molar-refractivity contribution < 1.29 is 22.6 Å². The van der Waals surface area contributed by atoms with Crippen molar-refractivity contribution >= 4 is 0 Å². The minimum atomic E-state index is -2.40. The summed E-state index contributed by atoms with van der Waals surface area (Å²) in [7, 11) is 1.78. The minimum Gasteiger partial charge on any atom is -0.381 e. The van der Waals surface area contributed by atoms with Gasteiger partial charge in [-0.15, -0.1) is 0 Å². The van der Waals surface area contributed by atoms with Gasteiger partial charge in [0.15, 0.2) is 0 Å². The summed E-state index contributed by atoms with van der Waals surface area (Å²) in [6, 6.07) is 1.49. The third-order valence-corrected chi connectivity index (χ3v) is 6.74. The monoisotopic (exact) mass is 481 g/mol. The lowest BCUT2D eigenvalue weighted by molar-refractivity contribution is -0.141. The van der Waals surface area contributed by atoms with Crippen molar-refractivity contribution in [2.24, 2.45) is 11.8 Å². The molecule has 5 nitrogen and oxygen atoms in total. The van der Waals surface area contributed by atoms with Crippen LogP contribution in [0.25, 0.3) is 0 Å². The Hall–Kier alpha value is -0.410. The summed E-state index contributed by atoms with van der Waals surface area (Å²) < 4.78 is 46.4. The van der Waals surface area contributed by atoms with Gasteiger partial charge in [-0.2, -0.15) is 0 Å². The molecule has 0 aromatic carbocycles. The van der Waals surface area contributed by atoms with Crippen molar-refractivity contribution in [1.29, 1.82) is 0 Å². The van der Waals surface area contributed by atoms with Crippen LogP contribution in [0.2, 0.25) is 0 Å². The molecule has 33 heavy (non-hydrogen) atoms. The van der Waals surface area contributed by atoms with E-state index in [4.69, 9.17) is 9.47 Å². The highest BCUT2D eigenvalue weighted by Gasteiger charge is 2.44. The number of halogens is 3. The summed E-state index contributed by atoms with van der Waals surface area (Å²) in [6.45, 7) is 22.4. The molecule has 0 atom stereocenters. The lowest BCUT2D eigenvalue weighted by atomic mass is 9.95. The van der Waals surface area contributed by atoms with Gasteiger partial charge in [-0.25, -0.2) is 13.2 Å². The van der Waals surface area contributed by atoms with E-state index in [1.54, 1.807) is 12.0 Å². The molecule has 0 aliphatic carbocycles. The fraction of sp³-hybridized carbons (Fsp3) is 1.00. The van der Waals surface area contributed by atoms with Gasteiger partial charge in [0.1, 0.15) is 6.17 Å². The molecule has 0 spiro atoms. The molecule has 0 N–H and O–H groups in total. The third kappa shape index (κ3) is 11.2. The van der Waals surface area contributed by atoms with E-state index in [1.165, 1.54) is 0 Å². The lowest BCUT2D eigenvalue weighted by Gasteiger charge is -2.41. The second kappa shape index (κ2) is 14.2. The molecule has 0 bridgehead atoms. The van der Waals surface area contributed by atoms with Crippen molar-refractivity contribution in [1.82, 2.24) is 14.7 Å². The van der Waals surface area contributed by atoms with E-state index >= 15 is 0 Å². The van der Waals surface area contributed by atoms with Crippen molar-refractivity contribution in [2.45, 2.75) is 91.7 Å². The summed E-state index contributed by atoms with van der Waals surface area (Å²) >= 11 is 0. The second-order valence-electron chi connectivity index (χ2n) is 10.9. The summed E-state index contributed by atoms with van der Waals surface area (Å²) in [6.07, 6.45) is -0.0372. The number of ether oxygens (including phenoxy) is 2. The third-order valence-electron chi connectivity index (χ3n) is 6.74. The van der Waals surface area contributed by atoms with Crippen LogP contribution in [0.3, 0.4) is 0 Å². The van der Waals surface area contributed by atoms with E-state index < -0.39 is 12.1 Å². The van der Waals surface area contributed by atoms with E-state index in [0.29, 0.717) is 31.3 Å². The van der Waals surface area contributed by atoms with Crippen molar-refractivity contribution in [3.05, 3.63) is 0 Å². The SMILES string of the molecule is CC(C)C1COC1.CC(C)N1CC(F)(F)C1.CC(C)N1CC(F)C1.COC1CN(C(C)C)C1. The Kier molecular flexibility index (Phi) is 13.2. The number of hydrogen-bond donors (Lipinski definition) is 0. The topological polar surface area (TPSA) is 28.2 Å². The van der Waals surface area contributed by atoms with Gasteiger partial charge in [0, 0.05) is 57.3 Å². The van der Waals surface area contributed by atoms with Crippen LogP contribution < -0.4 is 0 Å². The Morgan fingerprint density at radius 3 is 1.33 bits per heavy atom. The molecule has 0 aromatic heterocycles. The van der Waals surface area contributed by atoms with Crippen LogP contribution in [0.15, 0.2) is 0 Å². The Bertz CT molecular complexity index is 511. The van der Waals surface area contributed by atoms with Crippen LogP contribution in [0.1, 0.15) is 55.4 Å². The van der Waals surface area contributed by atoms with Crippen LogP contribution in [0, 0.1) is 11.8 Å². The number of methoxy groups -OCH3 is 1. The smallest absolute Gasteiger partial charge is 0.272 e. The van der Waals surface area contributed by atoms with Gasteiger partial charge < -0.3 is 9.47 Å². The van der Waals surface area contributed by atoms with Gasteiger partial charge in [0.05, 0.1) is 32.4 Å². The van der Waals surface area contributed by atoms with Crippen LogP contribution in [0.5, 0.6) is 0 Å². The summed E-state index contributed by atoms with van der Waals surface area (Å²) in [5.74, 6) is -0.710. The van der Waals surface area contributed by atoms with Gasteiger partial charge in [-0.3, -0.25) is 14.7 Å². The molecule has 0 unspecified atom stereocenters. The summed E-state index contributed by atoms with van der Waals surface area (Å²) in [5.41, 5.74) is 0. The van der Waals surface area contributed by atoms with Crippen molar-refractivity contribution in [3.63, 3.8) is 0 Å². The number of hydrogen-bond acceptors (Lipinski definition) is 5. The maximum Gasteiger partial charge on any atom is 0.272 e. The standard InChI is InChI=1S/C7H15NO.C6H11F2N.C6H12FN.C6H12O/c1-6(2)8-4-7(5-8)9-3;1-5(2)9-3-6(7,8)4-9;1-5(2)8-3-6(7)4-8;1-5(2)6-3-7-4-6/h6-7H,4-5H2,1-3H3;5H,3-4H2,1-2H3;5-6H,3-4H2,1-2H3;5-6H,3-4H2,1-2H3. The number of rotatable bonds is 5. The Labute approximate surface area is 200 Å². The van der Waals surface area contributed by atoms with Gasteiger partial charge in [-0.05, 0) is 47.5 Å². The van der Waals surface area contributed by atoms with E-state index in [9.17, 15) is 13.2 Å². The van der Waals surface area contributed by atoms with Crippen LogP contribution >= 0.6 is 0 Å². The molecule has 4 saturated heterocycles. The molecule has 4 heterocycles. The van der Waals surface area contributed by atoms with Crippen molar-refractivity contribution in [2.75, 3.05) is 59.6 Å². The predicted molar refractivity (Wildman–Crippen MR) is 130 cm³/mol. The zero-order valence-electron chi connectivity index (χ0n) is 22.5. The zero-order valence-corrected chi connectivity index (χ0v) is 22.5. The van der Waals surface area contributed by atoms with E-state index in [0.717, 1.165) is 38.1 Å². The minimum absolute atomic E-state index is 0.0509. The molecule has 198 valence electrons. The molecule has 8 heteroatoms. The average molecular weight is 482 g/mol. The van der Waals surface area contributed by atoms with Gasteiger partial charge in [0.2, 0.25) is 0 Å². The molecular weight excluding hydrogens is 431 g/mol. The zero-order chi connectivity index (χ0) is 25.3. The van der Waals surface area contributed by atoms with Crippen LogP contribution in [-0.2, 0) is 9.47 Å². The Morgan fingerprint density at radius 2 is 1.18 bits per heavy atom. The normalized spacial score (nSPS) is 24.0. The number of alkyl halides is 3. The number of likely N-dealkylation sites (tertiary alicyclic amines) is 3. The molecule has 0 amide bonds. The van der Waals surface area contributed by atoms with Crippen LogP contribution in [0.4, 0.5) is 13.2 Å². The largest absolute Gasteiger partial charge is 0.381 e. The quantitative estimate of drug-likeness (QED) is 0.580. The molecule has 4 aliphatic rings. The summed E-state index contributed by atoms with van der Waals surface area (Å²) in [4.78, 5) is 6.26. The molecule has 4 fully saturated rings. The predicted octanol–water partition coefficient (Wildman–Crippen LogP) is 4.41. The molecule has 0 saturated carbocycles. The fourth-order valence-corrected chi connectivity index (χ4v) is 3.47. The molecule has 4 aliphatic heterocycles. The molecule has 0 aromatic rings. The first-order valence-corrected chi connectivity index (χ1v) is 12.6. The first-order chi connectivity index (χ1) is 15.3. The Balaban J connectivity index is 0.000000221. The molecule has 0 radical (unpaired) electrons. The maximum absolute atomic E-state index is 12.1. The Morgan fingerprint density at radius 1 is 0.758 bits per heavy atom. The lowest BCUT2D eigenvalue weighted by Crippen LogP contribution is -2.58. The number of nitrogens with zero attached hydrogens (tertiary/aromatic N) is 3. The van der Waals surface area contributed by atoms with Gasteiger partial charge >= 0.3 is 0 Å². The van der Waals surface area contributed by atoms with Crippen LogP contribution in [-0.4, -0.2) is 111 Å². The highest BCUT2D eigenvalue weighted by Crippen LogP contribution is 2.27. The van der Waals surface area contributed by atoms with Gasteiger partial charge in [-0.1, -0.05) is 13.8 Å². The first-order valence-electron chi connectivity index (χ1n) is 12.6. The van der Waals surface area contributed by atoms with E-state index in [2.05, 4.69) is 51.3 Å². The molecule has 4 rings (SSSR count). The average Bonchev–Trinajstić information content (AvgIpc) is 2.55. The maximum atomic E-state index is 12.1. The van der Waals surface area contributed by atoms with Gasteiger partial charge in [0.25, 0.3) is 5.92 Å². The summed E-state index contributed by atoms with van der Waals surface area (Å²) in [5, 5.41) is 0. The highest BCUT2D eigenvalue weighted by molar-refractivity contribution is 4.88.